The van der Waals surface area contributed by atoms with Gasteiger partial charge >= 0.3 is 5.97 Å². The molecule has 1 aliphatic heterocycles. The second-order valence-corrected chi connectivity index (χ2v) is 10.6. The van der Waals surface area contributed by atoms with Crippen LogP contribution in [0.1, 0.15) is 29.8 Å². The fourth-order valence-corrected chi connectivity index (χ4v) is 5.17. The van der Waals surface area contributed by atoms with Gasteiger partial charge in [0.2, 0.25) is 0 Å². The zero-order valence-electron chi connectivity index (χ0n) is 24.9. The van der Waals surface area contributed by atoms with Gasteiger partial charge in [-0.3, -0.25) is 14.9 Å². The monoisotopic (exact) mass is 597 g/mol. The molecule has 1 amide bonds. The fraction of sp³-hybridized carbons (Fsp3) is 0.212. The number of ether oxygens (including phenoxy) is 4. The van der Waals surface area contributed by atoms with Crippen molar-refractivity contribution >= 4 is 28.9 Å². The van der Waals surface area contributed by atoms with Gasteiger partial charge in [0.15, 0.2) is 11.5 Å². The van der Waals surface area contributed by atoms with E-state index >= 15 is 0 Å². The molecule has 0 aliphatic carbocycles. The highest BCUT2D eigenvalue weighted by molar-refractivity contribution is 6.08. The molecule has 4 aromatic carbocycles. The summed E-state index contributed by atoms with van der Waals surface area (Å²) >= 11 is 0. The third-order valence-corrected chi connectivity index (χ3v) is 7.32. The third kappa shape index (κ3) is 5.71. The van der Waals surface area contributed by atoms with E-state index in [-0.39, 0.29) is 29.7 Å². The van der Waals surface area contributed by atoms with Crippen molar-refractivity contribution in [3.05, 3.63) is 100 Å². The van der Waals surface area contributed by atoms with Crippen LogP contribution in [0.5, 0.6) is 23.0 Å². The number of non-ortho nitro benzene ring substituents is 1. The van der Waals surface area contributed by atoms with Crippen LogP contribution in [-0.2, 0) is 11.4 Å². The summed E-state index contributed by atoms with van der Waals surface area (Å²) in [5.41, 5.74) is 2.61. The molecule has 0 unspecified atom stereocenters. The number of carbonyl (C=O) groups is 2. The molecule has 11 heteroatoms. The number of anilines is 2. The molecule has 0 saturated carbocycles. The fourth-order valence-electron chi connectivity index (χ4n) is 5.17. The maximum atomic E-state index is 13.3. The predicted octanol–water partition coefficient (Wildman–Crippen LogP) is 6.24. The first-order valence-corrected chi connectivity index (χ1v) is 13.7. The van der Waals surface area contributed by atoms with E-state index < -0.39 is 16.4 Å². The van der Waals surface area contributed by atoms with Crippen molar-refractivity contribution in [3.63, 3.8) is 0 Å². The topological polar surface area (TPSA) is 129 Å². The predicted molar refractivity (Wildman–Crippen MR) is 165 cm³/mol. The lowest BCUT2D eigenvalue weighted by atomic mass is 9.91. The number of carbonyl (C=O) groups excluding carboxylic acids is 2. The van der Waals surface area contributed by atoms with Crippen LogP contribution in [0.3, 0.4) is 0 Å². The number of likely N-dealkylation sites (N-methyl/N-ethyl adjacent to an activating group) is 1. The van der Waals surface area contributed by atoms with Crippen LogP contribution in [0.25, 0.3) is 11.1 Å². The van der Waals surface area contributed by atoms with Gasteiger partial charge in [-0.25, -0.2) is 4.79 Å². The van der Waals surface area contributed by atoms with Gasteiger partial charge in [-0.15, -0.1) is 0 Å². The summed E-state index contributed by atoms with van der Waals surface area (Å²) < 4.78 is 22.9. The van der Waals surface area contributed by atoms with Gasteiger partial charge in [0.1, 0.15) is 23.6 Å². The van der Waals surface area contributed by atoms with Gasteiger partial charge in [0.25, 0.3) is 11.6 Å². The van der Waals surface area contributed by atoms with Crippen LogP contribution in [-0.4, -0.2) is 43.6 Å². The maximum Gasteiger partial charge on any atom is 0.343 e. The third-order valence-electron chi connectivity index (χ3n) is 7.32. The smallest absolute Gasteiger partial charge is 0.343 e. The van der Waals surface area contributed by atoms with Crippen molar-refractivity contribution in [1.29, 1.82) is 0 Å². The van der Waals surface area contributed by atoms with Crippen molar-refractivity contribution in [1.82, 2.24) is 0 Å². The Morgan fingerprint density at radius 3 is 2.30 bits per heavy atom. The average molecular weight is 598 g/mol. The second kappa shape index (κ2) is 12.0. The lowest BCUT2D eigenvalue weighted by molar-refractivity contribution is -0.385. The zero-order valence-corrected chi connectivity index (χ0v) is 24.9. The van der Waals surface area contributed by atoms with E-state index in [0.717, 1.165) is 0 Å². The number of methoxy groups -OCH3 is 2. The van der Waals surface area contributed by atoms with Crippen LogP contribution in [0, 0.1) is 10.1 Å². The molecule has 1 heterocycles. The first-order chi connectivity index (χ1) is 21.0. The highest BCUT2D eigenvalue weighted by atomic mass is 16.6. The van der Waals surface area contributed by atoms with Crippen LogP contribution >= 0.6 is 0 Å². The Morgan fingerprint density at radius 1 is 0.909 bits per heavy atom. The van der Waals surface area contributed by atoms with Crippen LogP contribution in [0.2, 0.25) is 0 Å². The van der Waals surface area contributed by atoms with Crippen molar-refractivity contribution in [2.24, 2.45) is 0 Å². The highest BCUT2D eigenvalue weighted by Crippen LogP contribution is 2.45. The van der Waals surface area contributed by atoms with Gasteiger partial charge in [-0.1, -0.05) is 24.3 Å². The number of rotatable bonds is 9. The zero-order chi connectivity index (χ0) is 31.6. The van der Waals surface area contributed by atoms with Gasteiger partial charge in [0, 0.05) is 30.3 Å². The quantitative estimate of drug-likeness (QED) is 0.103. The summed E-state index contributed by atoms with van der Waals surface area (Å²) in [6.07, 6.45) is 0. The number of esters is 1. The van der Waals surface area contributed by atoms with E-state index in [1.165, 1.54) is 32.4 Å². The summed E-state index contributed by atoms with van der Waals surface area (Å²) in [6, 6.07) is 21.5. The van der Waals surface area contributed by atoms with E-state index in [4.69, 9.17) is 18.9 Å². The number of amides is 1. The Balaban J connectivity index is 1.59. The van der Waals surface area contributed by atoms with Gasteiger partial charge in [-0.2, -0.15) is 0 Å². The van der Waals surface area contributed by atoms with E-state index in [0.29, 0.717) is 45.1 Å². The largest absolute Gasteiger partial charge is 0.496 e. The summed E-state index contributed by atoms with van der Waals surface area (Å²) in [6.45, 7) is 3.51. The van der Waals surface area contributed by atoms with E-state index in [9.17, 15) is 19.7 Å². The van der Waals surface area contributed by atoms with Crippen molar-refractivity contribution in [2.75, 3.05) is 31.5 Å². The average Bonchev–Trinajstić information content (AvgIpc) is 3.02. The molecular weight excluding hydrogens is 566 g/mol. The normalized spacial score (nSPS) is 13.4. The standard InChI is InChI=1S/C33H31N3O8/c1-33(2)32(38)35(3)30-25(19-43-29-17-21(36(39)40)11-16-27(29)41-4)23(14-15-26(30)34-33)24-13-12-22(18-28(24)42-5)44-31(37)20-9-7-6-8-10-20/h6-18,34H,19H2,1-5H3. The number of hydrogen-bond acceptors (Lipinski definition) is 9. The molecule has 0 saturated heterocycles. The molecular formula is C33H31N3O8. The number of fused-ring (bicyclic) bond motifs is 1. The summed E-state index contributed by atoms with van der Waals surface area (Å²) in [4.78, 5) is 38.5. The lowest BCUT2D eigenvalue weighted by Gasteiger charge is -2.39. The van der Waals surface area contributed by atoms with Crippen molar-refractivity contribution in [2.45, 2.75) is 26.0 Å². The minimum Gasteiger partial charge on any atom is -0.496 e. The molecule has 0 radical (unpaired) electrons. The molecule has 44 heavy (non-hydrogen) atoms. The number of nitro benzene ring substituents is 1. The molecule has 0 aromatic heterocycles. The molecule has 0 spiro atoms. The minimum absolute atomic E-state index is 0.0797. The lowest BCUT2D eigenvalue weighted by Crippen LogP contribution is -2.52. The molecule has 0 bridgehead atoms. The number of benzene rings is 4. The maximum absolute atomic E-state index is 13.3. The number of nitro groups is 1. The minimum atomic E-state index is -0.855. The van der Waals surface area contributed by atoms with Crippen LogP contribution in [0.4, 0.5) is 17.1 Å². The molecule has 5 rings (SSSR count). The molecule has 1 N–H and O–H groups in total. The van der Waals surface area contributed by atoms with E-state index in [1.807, 2.05) is 18.2 Å². The Bertz CT molecular complexity index is 1750. The van der Waals surface area contributed by atoms with Crippen molar-refractivity contribution in [3.8, 4) is 34.1 Å². The second-order valence-electron chi connectivity index (χ2n) is 10.6. The van der Waals surface area contributed by atoms with E-state index in [2.05, 4.69) is 5.32 Å². The molecule has 226 valence electrons. The van der Waals surface area contributed by atoms with Gasteiger partial charge < -0.3 is 29.2 Å². The molecule has 4 aromatic rings. The van der Waals surface area contributed by atoms with E-state index in [1.54, 1.807) is 68.3 Å². The Kier molecular flexibility index (Phi) is 8.13. The van der Waals surface area contributed by atoms with Gasteiger partial charge in [-0.05, 0) is 55.8 Å². The summed E-state index contributed by atoms with van der Waals surface area (Å²) in [5.74, 6) is 0.503. The molecule has 0 fully saturated rings. The van der Waals surface area contributed by atoms with Gasteiger partial charge in [0.05, 0.1) is 42.1 Å². The summed E-state index contributed by atoms with van der Waals surface area (Å²) in [5, 5.41) is 14.8. The van der Waals surface area contributed by atoms with Crippen molar-refractivity contribution < 1.29 is 33.5 Å². The first-order valence-electron chi connectivity index (χ1n) is 13.7. The Labute approximate surface area is 254 Å². The molecule has 0 atom stereocenters. The Morgan fingerprint density at radius 2 is 1.61 bits per heavy atom. The highest BCUT2D eigenvalue weighted by Gasteiger charge is 2.39. The number of nitrogens with one attached hydrogen (secondary N) is 1. The van der Waals surface area contributed by atoms with Crippen LogP contribution in [0.15, 0.2) is 78.9 Å². The molecule has 11 nitrogen and oxygen atoms in total. The first kappa shape index (κ1) is 29.9. The van der Waals surface area contributed by atoms with Crippen LogP contribution < -0.4 is 29.2 Å². The Hall–Kier alpha value is -5.58. The summed E-state index contributed by atoms with van der Waals surface area (Å²) in [7, 11) is 4.64. The molecule has 1 aliphatic rings. The number of nitrogens with zero attached hydrogens (tertiary/aromatic N) is 2. The number of hydrogen-bond donors (Lipinski definition) is 1. The SMILES string of the molecule is COc1ccc([N+](=O)[O-])cc1OCc1c(-c2ccc(OC(=O)c3ccccc3)cc2OC)ccc2c1N(C)C(=O)C(C)(C)N2.